The number of nitrogens with zero attached hydrogens (tertiary/aromatic N) is 3. The fourth-order valence-corrected chi connectivity index (χ4v) is 2.96. The molecule has 7 heteroatoms. The van der Waals surface area contributed by atoms with Crippen LogP contribution in [0, 0.1) is 0 Å². The lowest BCUT2D eigenvalue weighted by atomic mass is 10.1. The van der Waals surface area contributed by atoms with Gasteiger partial charge in [-0.15, -0.1) is 5.10 Å². The molecule has 1 N–H and O–H groups in total. The zero-order valence-electron chi connectivity index (χ0n) is 16.1. The van der Waals surface area contributed by atoms with Crippen molar-refractivity contribution in [1.29, 1.82) is 0 Å². The van der Waals surface area contributed by atoms with Crippen LogP contribution in [0.15, 0.2) is 48.5 Å². The van der Waals surface area contributed by atoms with E-state index in [2.05, 4.69) is 27.8 Å². The molecular formula is C21H24N4O3. The molecule has 0 aliphatic heterocycles. The Kier molecular flexibility index (Phi) is 6.37. The van der Waals surface area contributed by atoms with Crippen LogP contribution in [0.2, 0.25) is 0 Å². The molecule has 0 spiro atoms. The number of aryl methyl sites for hydroxylation is 2. The van der Waals surface area contributed by atoms with Gasteiger partial charge in [0, 0.05) is 12.6 Å². The van der Waals surface area contributed by atoms with E-state index in [1.54, 1.807) is 22.9 Å². The van der Waals surface area contributed by atoms with E-state index in [1.807, 2.05) is 32.0 Å². The molecule has 0 unspecified atom stereocenters. The Bertz CT molecular complexity index is 953. The van der Waals surface area contributed by atoms with Crippen molar-refractivity contribution in [2.24, 2.45) is 0 Å². The zero-order valence-corrected chi connectivity index (χ0v) is 16.1. The molecule has 3 aromatic rings. The normalized spacial score (nSPS) is 11.9. The summed E-state index contributed by atoms with van der Waals surface area (Å²) in [5.41, 5.74) is 3.05. The third-order valence-electron chi connectivity index (χ3n) is 4.50. The maximum atomic E-state index is 12.2. The van der Waals surface area contributed by atoms with Gasteiger partial charge in [0.15, 0.2) is 6.61 Å². The summed E-state index contributed by atoms with van der Waals surface area (Å²) < 4.78 is 6.87. The van der Waals surface area contributed by atoms with Crippen molar-refractivity contribution in [2.75, 3.05) is 6.61 Å². The average molecular weight is 380 g/mol. The second-order valence-corrected chi connectivity index (χ2v) is 6.68. The van der Waals surface area contributed by atoms with Gasteiger partial charge in [-0.2, -0.15) is 0 Å². The largest absolute Gasteiger partial charge is 0.452 e. The molecule has 3 rings (SSSR count). The molecule has 0 saturated heterocycles. The number of nitrogens with one attached hydrogen (secondary N) is 1. The van der Waals surface area contributed by atoms with Gasteiger partial charge in [0.2, 0.25) is 0 Å². The lowest BCUT2D eigenvalue weighted by Crippen LogP contribution is -2.36. The number of amides is 1. The molecule has 1 heterocycles. The highest BCUT2D eigenvalue weighted by Crippen LogP contribution is 2.14. The molecule has 28 heavy (non-hydrogen) atoms. The number of ether oxygens (including phenoxy) is 1. The van der Waals surface area contributed by atoms with E-state index in [-0.39, 0.29) is 18.6 Å². The molecule has 0 saturated carbocycles. The van der Waals surface area contributed by atoms with Crippen LogP contribution in [0.5, 0.6) is 0 Å². The summed E-state index contributed by atoms with van der Waals surface area (Å²) in [6.07, 6.45) is 1.69. The van der Waals surface area contributed by atoms with Crippen LogP contribution in [0.4, 0.5) is 0 Å². The highest BCUT2D eigenvalue weighted by Gasteiger charge is 2.14. The van der Waals surface area contributed by atoms with E-state index in [4.69, 9.17) is 4.74 Å². The van der Waals surface area contributed by atoms with Crippen molar-refractivity contribution in [1.82, 2.24) is 20.3 Å². The smallest absolute Gasteiger partial charge is 0.338 e. The fraction of sp³-hybridized carbons (Fsp3) is 0.333. The number of benzene rings is 2. The van der Waals surface area contributed by atoms with Crippen molar-refractivity contribution >= 4 is 22.9 Å². The number of esters is 1. The molecule has 0 radical (unpaired) electrons. The standard InChI is InChI=1S/C21H24N4O3/c1-3-25-19-12-11-17(13-18(19)23-24-25)21(27)28-14-20(26)22-15(2)9-10-16-7-5-4-6-8-16/h4-8,11-13,15H,3,9-10,14H2,1-2H3,(H,22,26)/t15-/m0/s1. The van der Waals surface area contributed by atoms with Crippen molar-refractivity contribution in [3.05, 3.63) is 59.7 Å². The Morgan fingerprint density at radius 2 is 1.96 bits per heavy atom. The minimum Gasteiger partial charge on any atom is -0.452 e. The number of rotatable bonds is 8. The summed E-state index contributed by atoms with van der Waals surface area (Å²) in [7, 11) is 0. The van der Waals surface area contributed by atoms with Crippen LogP contribution < -0.4 is 5.32 Å². The summed E-state index contributed by atoms with van der Waals surface area (Å²) in [4.78, 5) is 24.2. The third kappa shape index (κ3) is 4.94. The fourth-order valence-electron chi connectivity index (χ4n) is 2.96. The first-order chi connectivity index (χ1) is 13.6. The molecule has 2 aromatic carbocycles. The molecule has 146 valence electrons. The van der Waals surface area contributed by atoms with Gasteiger partial charge in [0.05, 0.1) is 11.1 Å². The summed E-state index contributed by atoms with van der Waals surface area (Å²) in [6.45, 7) is 4.29. The minimum atomic E-state index is -0.556. The topological polar surface area (TPSA) is 86.1 Å². The van der Waals surface area contributed by atoms with Crippen LogP contribution in [0.3, 0.4) is 0 Å². The first-order valence-corrected chi connectivity index (χ1v) is 9.40. The molecule has 7 nitrogen and oxygen atoms in total. The van der Waals surface area contributed by atoms with Crippen molar-refractivity contribution in [3.63, 3.8) is 0 Å². The Hall–Kier alpha value is -3.22. The Morgan fingerprint density at radius 3 is 2.71 bits per heavy atom. The number of hydrogen-bond acceptors (Lipinski definition) is 5. The maximum absolute atomic E-state index is 12.2. The van der Waals surface area contributed by atoms with Crippen LogP contribution in [0.1, 0.15) is 36.2 Å². The molecule has 0 aliphatic rings. The zero-order chi connectivity index (χ0) is 19.9. The van der Waals surface area contributed by atoms with Crippen molar-refractivity contribution in [3.8, 4) is 0 Å². The third-order valence-corrected chi connectivity index (χ3v) is 4.50. The summed E-state index contributed by atoms with van der Waals surface area (Å²) in [5.74, 6) is -0.869. The molecule has 0 bridgehead atoms. The van der Waals surface area contributed by atoms with Crippen LogP contribution in [-0.2, 0) is 22.5 Å². The second-order valence-electron chi connectivity index (χ2n) is 6.68. The van der Waals surface area contributed by atoms with E-state index in [0.717, 1.165) is 18.4 Å². The van der Waals surface area contributed by atoms with E-state index < -0.39 is 5.97 Å². The first-order valence-electron chi connectivity index (χ1n) is 9.40. The summed E-state index contributed by atoms with van der Waals surface area (Å²) in [6, 6.07) is 15.1. The quantitative estimate of drug-likeness (QED) is 0.607. The predicted octanol–water partition coefficient (Wildman–Crippen LogP) is 2.75. The first kappa shape index (κ1) is 19.5. The number of carbonyl (C=O) groups excluding carboxylic acids is 2. The van der Waals surface area contributed by atoms with Crippen molar-refractivity contribution in [2.45, 2.75) is 39.3 Å². The van der Waals surface area contributed by atoms with Crippen LogP contribution in [0.25, 0.3) is 11.0 Å². The Balaban J connectivity index is 1.46. The van der Waals surface area contributed by atoms with Crippen LogP contribution in [-0.4, -0.2) is 39.5 Å². The number of fused-ring (bicyclic) bond motifs is 1. The summed E-state index contributed by atoms with van der Waals surface area (Å²) in [5, 5.41) is 10.9. The van der Waals surface area contributed by atoms with Gasteiger partial charge < -0.3 is 10.1 Å². The van der Waals surface area contributed by atoms with Gasteiger partial charge in [0.1, 0.15) is 5.52 Å². The predicted molar refractivity (Wildman–Crippen MR) is 106 cm³/mol. The molecule has 1 amide bonds. The van der Waals surface area contributed by atoms with Gasteiger partial charge in [-0.05, 0) is 50.5 Å². The average Bonchev–Trinajstić information content (AvgIpc) is 3.13. The second kappa shape index (κ2) is 9.12. The summed E-state index contributed by atoms with van der Waals surface area (Å²) >= 11 is 0. The van der Waals surface area contributed by atoms with Crippen molar-refractivity contribution < 1.29 is 14.3 Å². The van der Waals surface area contributed by atoms with Gasteiger partial charge in [-0.1, -0.05) is 35.5 Å². The number of hydrogen-bond donors (Lipinski definition) is 1. The van der Waals surface area contributed by atoms with Gasteiger partial charge in [0.25, 0.3) is 5.91 Å². The molecule has 0 aliphatic carbocycles. The van der Waals surface area contributed by atoms with Gasteiger partial charge >= 0.3 is 5.97 Å². The lowest BCUT2D eigenvalue weighted by Gasteiger charge is -2.14. The Labute approximate surface area is 163 Å². The maximum Gasteiger partial charge on any atom is 0.338 e. The van der Waals surface area contributed by atoms with Gasteiger partial charge in [-0.3, -0.25) is 4.79 Å². The Morgan fingerprint density at radius 1 is 1.18 bits per heavy atom. The highest BCUT2D eigenvalue weighted by atomic mass is 16.5. The molecule has 1 atom stereocenters. The van der Waals surface area contributed by atoms with E-state index in [9.17, 15) is 9.59 Å². The van der Waals surface area contributed by atoms with Gasteiger partial charge in [-0.25, -0.2) is 9.48 Å². The minimum absolute atomic E-state index is 0.00755. The van der Waals surface area contributed by atoms with Crippen LogP contribution >= 0.6 is 0 Å². The van der Waals surface area contributed by atoms with E-state index in [0.29, 0.717) is 17.6 Å². The molecule has 0 fully saturated rings. The lowest BCUT2D eigenvalue weighted by molar-refractivity contribution is -0.124. The SMILES string of the molecule is CCn1nnc2cc(C(=O)OCC(=O)N[C@@H](C)CCc3ccccc3)ccc21. The molecule has 1 aromatic heterocycles. The highest BCUT2D eigenvalue weighted by molar-refractivity contribution is 5.94. The van der Waals surface area contributed by atoms with E-state index >= 15 is 0 Å². The molecular weight excluding hydrogens is 356 g/mol. The number of aromatic nitrogens is 3. The monoisotopic (exact) mass is 380 g/mol. The number of carbonyl (C=O) groups is 2. The van der Waals surface area contributed by atoms with E-state index in [1.165, 1.54) is 5.56 Å².